The summed E-state index contributed by atoms with van der Waals surface area (Å²) in [6.45, 7) is 0. The first-order valence-corrected chi connectivity index (χ1v) is 5.48. The number of nitrogen functional groups attached to an aromatic ring is 1. The lowest BCUT2D eigenvalue weighted by Crippen LogP contribution is -2.09. The first-order valence-electron chi connectivity index (χ1n) is 5.48. The number of halogens is 1. The molecule has 1 aromatic heterocycles. The van der Waals surface area contributed by atoms with Crippen LogP contribution in [-0.2, 0) is 4.74 Å². The third kappa shape index (κ3) is 2.62. The zero-order valence-electron chi connectivity index (χ0n) is 10.2. The van der Waals surface area contributed by atoms with E-state index in [-0.39, 0.29) is 22.8 Å². The van der Waals surface area contributed by atoms with Crippen molar-refractivity contribution in [1.29, 1.82) is 0 Å². The van der Waals surface area contributed by atoms with Crippen LogP contribution in [0.4, 0.5) is 21.6 Å². The Bertz CT molecular complexity index is 617. The van der Waals surface area contributed by atoms with Gasteiger partial charge in [0.15, 0.2) is 5.82 Å². The zero-order chi connectivity index (χ0) is 13.8. The molecule has 19 heavy (non-hydrogen) atoms. The number of esters is 1. The van der Waals surface area contributed by atoms with Crippen molar-refractivity contribution in [2.24, 2.45) is 0 Å². The van der Waals surface area contributed by atoms with E-state index in [9.17, 15) is 9.18 Å². The molecule has 0 aliphatic heterocycles. The van der Waals surface area contributed by atoms with Crippen LogP contribution in [0.5, 0.6) is 0 Å². The third-order valence-corrected chi connectivity index (χ3v) is 2.52. The van der Waals surface area contributed by atoms with Crippen molar-refractivity contribution in [3.8, 4) is 0 Å². The van der Waals surface area contributed by atoms with Gasteiger partial charge in [-0.1, -0.05) is 12.1 Å². The summed E-state index contributed by atoms with van der Waals surface area (Å²) in [6.07, 6.45) is 1.39. The number of nitrogens with two attached hydrogens (primary N) is 1. The smallest absolute Gasteiger partial charge is 0.340 e. The number of carbonyl (C=O) groups excluding carboxylic acids is 1. The maximum Gasteiger partial charge on any atom is 0.340 e. The summed E-state index contributed by atoms with van der Waals surface area (Å²) >= 11 is 0. The third-order valence-electron chi connectivity index (χ3n) is 2.52. The number of ether oxygens (including phenoxy) is 1. The molecule has 0 radical (unpaired) electrons. The lowest BCUT2D eigenvalue weighted by molar-refractivity contribution is 0.0602. The van der Waals surface area contributed by atoms with Gasteiger partial charge in [-0.2, -0.15) is 0 Å². The number of hydrogen-bond acceptors (Lipinski definition) is 5. The minimum absolute atomic E-state index is 0.109. The molecule has 3 N–H and O–H groups in total. The molecule has 6 heteroatoms. The van der Waals surface area contributed by atoms with Crippen molar-refractivity contribution in [2.75, 3.05) is 18.2 Å². The Morgan fingerprint density at radius 3 is 2.79 bits per heavy atom. The maximum absolute atomic E-state index is 13.5. The molecule has 0 amide bonds. The molecule has 0 spiro atoms. The Morgan fingerprint density at radius 1 is 1.37 bits per heavy atom. The number of pyridine rings is 1. The number of methoxy groups -OCH3 is 1. The molecule has 0 unspecified atom stereocenters. The molecule has 0 atom stereocenters. The molecular weight excluding hydrogens is 249 g/mol. The minimum atomic E-state index is -0.573. The standard InChI is InChI=1S/C13H12FN3O2/c1-19-13(18)8-6-7-16-12(11(8)15)17-10-5-3-2-4-9(10)14/h2-7H,15H2,1H3,(H,16,17). The number of para-hydroxylation sites is 1. The molecular formula is C13H12FN3O2. The van der Waals surface area contributed by atoms with Gasteiger partial charge in [0.25, 0.3) is 0 Å². The van der Waals surface area contributed by atoms with Gasteiger partial charge < -0.3 is 15.8 Å². The van der Waals surface area contributed by atoms with E-state index in [0.29, 0.717) is 0 Å². The summed E-state index contributed by atoms with van der Waals surface area (Å²) in [5, 5.41) is 2.74. The first-order chi connectivity index (χ1) is 9.13. The predicted octanol–water partition coefficient (Wildman–Crippen LogP) is 2.33. The number of anilines is 3. The number of carbonyl (C=O) groups is 1. The number of benzene rings is 1. The fourth-order valence-corrected chi connectivity index (χ4v) is 1.55. The van der Waals surface area contributed by atoms with Gasteiger partial charge >= 0.3 is 5.97 Å². The van der Waals surface area contributed by atoms with Gasteiger partial charge in [0, 0.05) is 6.20 Å². The molecule has 5 nitrogen and oxygen atoms in total. The number of hydrogen-bond donors (Lipinski definition) is 2. The summed E-state index contributed by atoms with van der Waals surface area (Å²) < 4.78 is 18.1. The molecule has 0 fully saturated rings. The summed E-state index contributed by atoms with van der Waals surface area (Å²) in [6, 6.07) is 7.53. The van der Waals surface area contributed by atoms with E-state index in [4.69, 9.17) is 5.73 Å². The molecule has 98 valence electrons. The van der Waals surface area contributed by atoms with E-state index in [1.165, 1.54) is 25.4 Å². The molecule has 0 saturated heterocycles. The Kier molecular flexibility index (Phi) is 3.61. The van der Waals surface area contributed by atoms with E-state index in [1.54, 1.807) is 18.2 Å². The van der Waals surface area contributed by atoms with Crippen molar-refractivity contribution in [3.05, 3.63) is 47.9 Å². The highest BCUT2D eigenvalue weighted by Gasteiger charge is 2.14. The van der Waals surface area contributed by atoms with Crippen LogP contribution in [0, 0.1) is 5.82 Å². The summed E-state index contributed by atoms with van der Waals surface area (Å²) in [5.41, 5.74) is 6.32. The lowest BCUT2D eigenvalue weighted by atomic mass is 10.2. The van der Waals surface area contributed by atoms with Crippen LogP contribution in [0.15, 0.2) is 36.5 Å². The van der Waals surface area contributed by atoms with E-state index in [1.807, 2.05) is 0 Å². The highest BCUT2D eigenvalue weighted by molar-refractivity contribution is 5.97. The van der Waals surface area contributed by atoms with Gasteiger partial charge in [0.05, 0.1) is 24.0 Å². The normalized spacial score (nSPS) is 10.0. The fraction of sp³-hybridized carbons (Fsp3) is 0.0769. The summed E-state index contributed by atoms with van der Waals surface area (Å²) in [5.74, 6) is -0.809. The second kappa shape index (κ2) is 5.34. The van der Waals surface area contributed by atoms with E-state index >= 15 is 0 Å². The Labute approximate surface area is 109 Å². The predicted molar refractivity (Wildman–Crippen MR) is 69.7 cm³/mol. The van der Waals surface area contributed by atoms with Crippen LogP contribution in [-0.4, -0.2) is 18.1 Å². The molecule has 0 aliphatic rings. The molecule has 2 rings (SSSR count). The highest BCUT2D eigenvalue weighted by Crippen LogP contribution is 2.25. The summed E-state index contributed by atoms with van der Waals surface area (Å²) in [4.78, 5) is 15.5. The van der Waals surface area contributed by atoms with Gasteiger partial charge in [0.1, 0.15) is 5.82 Å². The van der Waals surface area contributed by atoms with Gasteiger partial charge in [-0.15, -0.1) is 0 Å². The second-order valence-corrected chi connectivity index (χ2v) is 3.72. The van der Waals surface area contributed by atoms with Crippen molar-refractivity contribution in [1.82, 2.24) is 4.98 Å². The van der Waals surface area contributed by atoms with Crippen molar-refractivity contribution >= 4 is 23.2 Å². The van der Waals surface area contributed by atoms with Crippen LogP contribution in [0.3, 0.4) is 0 Å². The largest absolute Gasteiger partial charge is 0.465 e. The Morgan fingerprint density at radius 2 is 2.11 bits per heavy atom. The van der Waals surface area contributed by atoms with E-state index in [2.05, 4.69) is 15.0 Å². The maximum atomic E-state index is 13.5. The monoisotopic (exact) mass is 261 g/mol. The molecule has 0 saturated carbocycles. The SMILES string of the molecule is COC(=O)c1ccnc(Nc2ccccc2F)c1N. The lowest BCUT2D eigenvalue weighted by Gasteiger charge is -2.11. The molecule has 0 aliphatic carbocycles. The van der Waals surface area contributed by atoms with Crippen molar-refractivity contribution in [2.45, 2.75) is 0 Å². The van der Waals surface area contributed by atoms with Gasteiger partial charge in [-0.3, -0.25) is 0 Å². The molecule has 1 aromatic carbocycles. The number of nitrogens with one attached hydrogen (secondary N) is 1. The Hall–Kier alpha value is -2.63. The van der Waals surface area contributed by atoms with Crippen LogP contribution < -0.4 is 11.1 Å². The average molecular weight is 261 g/mol. The zero-order valence-corrected chi connectivity index (χ0v) is 10.2. The second-order valence-electron chi connectivity index (χ2n) is 3.72. The minimum Gasteiger partial charge on any atom is -0.465 e. The van der Waals surface area contributed by atoms with Crippen molar-refractivity contribution in [3.63, 3.8) is 0 Å². The fourth-order valence-electron chi connectivity index (χ4n) is 1.55. The molecule has 0 bridgehead atoms. The quantitative estimate of drug-likeness (QED) is 0.829. The van der Waals surface area contributed by atoms with E-state index < -0.39 is 11.8 Å². The van der Waals surface area contributed by atoms with Gasteiger partial charge in [0.2, 0.25) is 0 Å². The van der Waals surface area contributed by atoms with Crippen LogP contribution >= 0.6 is 0 Å². The van der Waals surface area contributed by atoms with Crippen LogP contribution in [0.2, 0.25) is 0 Å². The van der Waals surface area contributed by atoms with Crippen LogP contribution in [0.25, 0.3) is 0 Å². The number of nitrogens with zero attached hydrogens (tertiary/aromatic N) is 1. The van der Waals surface area contributed by atoms with E-state index in [0.717, 1.165) is 0 Å². The first kappa shape index (κ1) is 12.8. The molecule has 2 aromatic rings. The van der Waals surface area contributed by atoms with Crippen molar-refractivity contribution < 1.29 is 13.9 Å². The topological polar surface area (TPSA) is 77.2 Å². The highest BCUT2D eigenvalue weighted by atomic mass is 19.1. The summed E-state index contributed by atoms with van der Waals surface area (Å²) in [7, 11) is 1.26. The Balaban J connectivity index is 2.37. The number of rotatable bonds is 3. The average Bonchev–Trinajstić information content (AvgIpc) is 2.42. The van der Waals surface area contributed by atoms with Crippen LogP contribution in [0.1, 0.15) is 10.4 Å². The van der Waals surface area contributed by atoms with Gasteiger partial charge in [-0.05, 0) is 18.2 Å². The molecule has 1 heterocycles. The van der Waals surface area contributed by atoms with Gasteiger partial charge in [-0.25, -0.2) is 14.2 Å². The number of aromatic nitrogens is 1.